The standard InChI is InChI=1S/C27H34N2O2S/c1-9-29-24(31)22(32-25(29)28-19-12-10-17(2)11-13-19)16-18-14-20(26(3,4)5)23(30)21(15-18)27(6,7)8/h10-16,30H,9H2,1-8H3/b22-16+,28-25?. The van der Waals surface area contributed by atoms with Gasteiger partial charge in [-0.15, -0.1) is 0 Å². The minimum atomic E-state index is -0.223. The Balaban J connectivity index is 2.07. The molecule has 1 saturated heterocycles. The monoisotopic (exact) mass is 450 g/mol. The van der Waals surface area contributed by atoms with Gasteiger partial charge >= 0.3 is 0 Å². The van der Waals surface area contributed by atoms with E-state index in [1.807, 2.05) is 56.3 Å². The molecule has 1 fully saturated rings. The third-order valence-corrected chi connectivity index (χ3v) is 6.52. The summed E-state index contributed by atoms with van der Waals surface area (Å²) in [6.07, 6.45) is 1.93. The molecule has 4 nitrogen and oxygen atoms in total. The molecule has 0 aromatic heterocycles. The summed E-state index contributed by atoms with van der Waals surface area (Å²) in [5.41, 5.74) is 4.24. The quantitative estimate of drug-likeness (QED) is 0.516. The fraction of sp³-hybridized carbons (Fsp3) is 0.407. The van der Waals surface area contributed by atoms with Crippen LogP contribution in [0.4, 0.5) is 5.69 Å². The third kappa shape index (κ3) is 5.09. The van der Waals surface area contributed by atoms with Crippen molar-refractivity contribution in [2.45, 2.75) is 66.2 Å². The first kappa shape index (κ1) is 24.1. The fourth-order valence-corrected chi connectivity index (χ4v) is 4.70. The molecule has 0 spiro atoms. The van der Waals surface area contributed by atoms with Gasteiger partial charge in [-0.2, -0.15) is 0 Å². The van der Waals surface area contributed by atoms with Crippen molar-refractivity contribution >= 4 is 34.6 Å². The number of aliphatic imine (C=N–C) groups is 1. The Morgan fingerprint density at radius 3 is 2.00 bits per heavy atom. The predicted molar refractivity (Wildman–Crippen MR) is 137 cm³/mol. The second-order valence-electron chi connectivity index (χ2n) is 10.4. The number of carbonyl (C=O) groups excluding carboxylic acids is 1. The number of thioether (sulfide) groups is 1. The highest BCUT2D eigenvalue weighted by Crippen LogP contribution is 2.41. The Kier molecular flexibility index (Phi) is 6.62. The zero-order valence-electron chi connectivity index (χ0n) is 20.4. The number of hydrogen-bond acceptors (Lipinski definition) is 4. The zero-order chi connectivity index (χ0) is 23.8. The van der Waals surface area contributed by atoms with E-state index in [0.717, 1.165) is 22.4 Å². The molecule has 1 amide bonds. The van der Waals surface area contributed by atoms with Crippen molar-refractivity contribution in [1.29, 1.82) is 0 Å². The summed E-state index contributed by atoms with van der Waals surface area (Å²) in [6.45, 7) is 17.1. The molecule has 32 heavy (non-hydrogen) atoms. The normalized spacial score (nSPS) is 17.6. The van der Waals surface area contributed by atoms with Gasteiger partial charge in [0.05, 0.1) is 10.6 Å². The summed E-state index contributed by atoms with van der Waals surface area (Å²) in [7, 11) is 0. The lowest BCUT2D eigenvalue weighted by Gasteiger charge is -2.28. The van der Waals surface area contributed by atoms with Crippen molar-refractivity contribution in [3.05, 3.63) is 63.6 Å². The SMILES string of the molecule is CCN1C(=O)/C(=C\c2cc(C(C)(C)C)c(O)c(C(C)(C)C)c2)SC1=Nc1ccc(C)cc1. The van der Waals surface area contributed by atoms with Gasteiger partial charge in [0.1, 0.15) is 5.75 Å². The van der Waals surface area contributed by atoms with Gasteiger partial charge < -0.3 is 5.11 Å². The highest BCUT2D eigenvalue weighted by molar-refractivity contribution is 8.18. The van der Waals surface area contributed by atoms with E-state index >= 15 is 0 Å². The van der Waals surface area contributed by atoms with Crippen molar-refractivity contribution in [3.8, 4) is 5.75 Å². The van der Waals surface area contributed by atoms with Gasteiger partial charge in [0.2, 0.25) is 0 Å². The van der Waals surface area contributed by atoms with E-state index in [1.54, 1.807) is 4.90 Å². The van der Waals surface area contributed by atoms with E-state index in [1.165, 1.54) is 17.3 Å². The molecule has 1 aliphatic heterocycles. The molecule has 2 aromatic rings. The molecule has 1 heterocycles. The number of carbonyl (C=O) groups is 1. The summed E-state index contributed by atoms with van der Waals surface area (Å²) < 4.78 is 0. The maximum atomic E-state index is 13.1. The number of phenols is 1. The van der Waals surface area contributed by atoms with Crippen molar-refractivity contribution in [2.24, 2.45) is 4.99 Å². The van der Waals surface area contributed by atoms with Gasteiger partial charge in [-0.05, 0) is 72.3 Å². The number of phenolic OH excluding ortho intramolecular Hbond substituents is 1. The second kappa shape index (κ2) is 8.78. The van der Waals surface area contributed by atoms with Crippen molar-refractivity contribution in [1.82, 2.24) is 4.90 Å². The Bertz CT molecular complexity index is 1050. The molecule has 0 radical (unpaired) electrons. The Morgan fingerprint density at radius 2 is 1.53 bits per heavy atom. The molecule has 2 aromatic carbocycles. The van der Waals surface area contributed by atoms with E-state index in [2.05, 4.69) is 41.5 Å². The maximum absolute atomic E-state index is 13.1. The number of nitrogens with zero attached hydrogens (tertiary/aromatic N) is 2. The number of likely N-dealkylation sites (N-methyl/N-ethyl adjacent to an activating group) is 1. The Labute approximate surface area is 196 Å². The number of rotatable bonds is 3. The molecule has 3 rings (SSSR count). The Morgan fingerprint density at radius 1 is 1.00 bits per heavy atom. The Hall–Kier alpha value is -2.53. The lowest BCUT2D eigenvalue weighted by atomic mass is 9.78. The van der Waals surface area contributed by atoms with Crippen LogP contribution in [0.25, 0.3) is 6.08 Å². The highest BCUT2D eigenvalue weighted by Gasteiger charge is 2.33. The number of amides is 1. The predicted octanol–water partition coefficient (Wildman–Crippen LogP) is 6.92. The van der Waals surface area contributed by atoms with Crippen LogP contribution in [-0.2, 0) is 15.6 Å². The van der Waals surface area contributed by atoms with Gasteiger partial charge in [0.25, 0.3) is 5.91 Å². The van der Waals surface area contributed by atoms with Crippen LogP contribution in [0.5, 0.6) is 5.75 Å². The van der Waals surface area contributed by atoms with Gasteiger partial charge in [0.15, 0.2) is 5.17 Å². The first-order valence-electron chi connectivity index (χ1n) is 11.1. The number of aromatic hydroxyl groups is 1. The molecule has 0 bridgehead atoms. The van der Waals surface area contributed by atoms with E-state index in [-0.39, 0.29) is 16.7 Å². The molecule has 0 atom stereocenters. The summed E-state index contributed by atoms with van der Waals surface area (Å²) >= 11 is 1.40. The first-order valence-corrected chi connectivity index (χ1v) is 11.9. The van der Waals surface area contributed by atoms with Crippen LogP contribution in [0.15, 0.2) is 46.3 Å². The van der Waals surface area contributed by atoms with Crippen LogP contribution in [0.1, 0.15) is 70.7 Å². The molecule has 0 saturated carbocycles. The molecule has 5 heteroatoms. The number of hydrogen-bond donors (Lipinski definition) is 1. The van der Waals surface area contributed by atoms with Gasteiger partial charge in [0, 0.05) is 17.7 Å². The molecule has 170 valence electrons. The van der Waals surface area contributed by atoms with Crippen LogP contribution >= 0.6 is 11.8 Å². The molecular weight excluding hydrogens is 416 g/mol. The third-order valence-electron chi connectivity index (χ3n) is 5.51. The molecule has 0 unspecified atom stereocenters. The van der Waals surface area contributed by atoms with Crippen molar-refractivity contribution < 1.29 is 9.90 Å². The summed E-state index contributed by atoms with van der Waals surface area (Å²) in [5.74, 6) is 0.306. The van der Waals surface area contributed by atoms with Crippen LogP contribution in [0.2, 0.25) is 0 Å². The van der Waals surface area contributed by atoms with Gasteiger partial charge in [-0.3, -0.25) is 9.69 Å². The van der Waals surface area contributed by atoms with Crippen molar-refractivity contribution in [2.75, 3.05) is 6.54 Å². The smallest absolute Gasteiger partial charge is 0.266 e. The largest absolute Gasteiger partial charge is 0.507 e. The molecule has 0 aliphatic carbocycles. The average Bonchev–Trinajstić information content (AvgIpc) is 2.97. The van der Waals surface area contributed by atoms with Crippen LogP contribution in [-0.4, -0.2) is 27.6 Å². The average molecular weight is 451 g/mol. The first-order chi connectivity index (χ1) is 14.8. The van der Waals surface area contributed by atoms with Crippen LogP contribution in [0, 0.1) is 6.92 Å². The maximum Gasteiger partial charge on any atom is 0.266 e. The topological polar surface area (TPSA) is 52.9 Å². The van der Waals surface area contributed by atoms with Crippen LogP contribution < -0.4 is 0 Å². The number of aryl methyl sites for hydroxylation is 1. The second-order valence-corrected chi connectivity index (χ2v) is 11.4. The van der Waals surface area contributed by atoms with E-state index < -0.39 is 0 Å². The molecule has 1 N–H and O–H groups in total. The minimum Gasteiger partial charge on any atom is -0.507 e. The lowest BCUT2D eigenvalue weighted by Crippen LogP contribution is -2.28. The van der Waals surface area contributed by atoms with Gasteiger partial charge in [-0.25, -0.2) is 4.99 Å². The fourth-order valence-electron chi connectivity index (χ4n) is 3.63. The summed E-state index contributed by atoms with van der Waals surface area (Å²) in [5, 5.41) is 11.7. The zero-order valence-corrected chi connectivity index (χ0v) is 21.2. The summed E-state index contributed by atoms with van der Waals surface area (Å²) in [4.78, 5) is 20.2. The lowest BCUT2D eigenvalue weighted by molar-refractivity contribution is -0.122. The molecular formula is C27H34N2O2S. The highest BCUT2D eigenvalue weighted by atomic mass is 32.2. The van der Waals surface area contributed by atoms with E-state index in [4.69, 9.17) is 4.99 Å². The van der Waals surface area contributed by atoms with E-state index in [0.29, 0.717) is 22.4 Å². The number of benzene rings is 2. The number of amidine groups is 1. The summed E-state index contributed by atoms with van der Waals surface area (Å²) in [6, 6.07) is 12.0. The van der Waals surface area contributed by atoms with Crippen LogP contribution in [0.3, 0.4) is 0 Å². The minimum absolute atomic E-state index is 0.0361. The molecule has 1 aliphatic rings. The van der Waals surface area contributed by atoms with Gasteiger partial charge in [-0.1, -0.05) is 59.2 Å². The van der Waals surface area contributed by atoms with Crippen molar-refractivity contribution in [3.63, 3.8) is 0 Å². The van der Waals surface area contributed by atoms with E-state index in [9.17, 15) is 9.90 Å².